The third-order valence-electron chi connectivity index (χ3n) is 10.5. The number of ether oxygens (including phenoxy) is 1. The fraction of sp³-hybridized carbons (Fsp3) is 0.151. The van der Waals surface area contributed by atoms with Crippen molar-refractivity contribution in [2.45, 2.75) is 45.1 Å². The van der Waals surface area contributed by atoms with Gasteiger partial charge >= 0.3 is 0 Å². The molecule has 8 rings (SSSR count). The van der Waals surface area contributed by atoms with E-state index >= 15 is 0 Å². The third kappa shape index (κ3) is 8.81. The second-order valence-electron chi connectivity index (χ2n) is 14.6. The fourth-order valence-electron chi connectivity index (χ4n) is 7.53. The molecular weight excluding hydrogens is 711 g/mol. The Bertz CT molecular complexity index is 2430. The van der Waals surface area contributed by atoms with Crippen molar-refractivity contribution in [3.05, 3.63) is 182 Å². The van der Waals surface area contributed by atoms with E-state index < -0.39 is 6.10 Å². The average Bonchev–Trinajstić information content (AvgIpc) is 3.30. The number of nitrogens with zero attached hydrogens (tertiary/aromatic N) is 3. The zero-order valence-electron chi connectivity index (χ0n) is 32.8. The van der Waals surface area contributed by atoms with E-state index in [0.717, 1.165) is 80.5 Å². The highest BCUT2D eigenvalue weighted by atomic mass is 16.5. The number of aliphatic hydroxyl groups is 1. The van der Waals surface area contributed by atoms with Gasteiger partial charge in [-0.25, -0.2) is 15.0 Å². The first-order chi connectivity index (χ1) is 28.7. The van der Waals surface area contributed by atoms with Crippen LogP contribution in [0.15, 0.2) is 182 Å². The number of aromatic nitrogens is 3. The van der Waals surface area contributed by atoms with Crippen LogP contribution in [0.1, 0.15) is 39.0 Å². The summed E-state index contributed by atoms with van der Waals surface area (Å²) in [7, 11) is 0. The number of hydrogen-bond acceptors (Lipinski definition) is 5. The van der Waals surface area contributed by atoms with Gasteiger partial charge in [0.2, 0.25) is 0 Å². The quantitative estimate of drug-likeness (QED) is 0.105. The van der Waals surface area contributed by atoms with Crippen molar-refractivity contribution in [3.8, 4) is 84.4 Å². The molecular formula is C53H47N3O2. The molecule has 5 nitrogen and oxygen atoms in total. The molecule has 58 heavy (non-hydrogen) atoms. The summed E-state index contributed by atoms with van der Waals surface area (Å²) in [6.45, 7) is 2.45. The Morgan fingerprint density at radius 3 is 1.26 bits per heavy atom. The third-order valence-corrected chi connectivity index (χ3v) is 10.5. The first kappa shape index (κ1) is 38.2. The molecule has 0 amide bonds. The minimum Gasteiger partial charge on any atom is -0.491 e. The zero-order valence-corrected chi connectivity index (χ0v) is 32.8. The van der Waals surface area contributed by atoms with Crippen LogP contribution in [0, 0.1) is 0 Å². The summed E-state index contributed by atoms with van der Waals surface area (Å²) in [6.07, 6.45) is 4.74. The van der Waals surface area contributed by atoms with Gasteiger partial charge in [0.25, 0.3) is 0 Å². The minimum absolute atomic E-state index is 0.258. The summed E-state index contributed by atoms with van der Waals surface area (Å²) in [5.74, 6) is 2.41. The van der Waals surface area contributed by atoms with Crippen LogP contribution >= 0.6 is 0 Å². The molecule has 0 radical (unpaired) electrons. The Labute approximate surface area is 341 Å². The van der Waals surface area contributed by atoms with E-state index in [2.05, 4.69) is 140 Å². The fourth-order valence-corrected chi connectivity index (χ4v) is 7.53. The molecule has 0 bridgehead atoms. The van der Waals surface area contributed by atoms with Crippen molar-refractivity contribution < 1.29 is 9.84 Å². The summed E-state index contributed by atoms with van der Waals surface area (Å²) in [4.78, 5) is 15.7. The average molecular weight is 758 g/mol. The van der Waals surface area contributed by atoms with E-state index in [4.69, 9.17) is 19.7 Å². The van der Waals surface area contributed by atoms with Gasteiger partial charge in [-0.05, 0) is 75.2 Å². The first-order valence-electron chi connectivity index (χ1n) is 20.3. The normalized spacial score (nSPS) is 11.6. The van der Waals surface area contributed by atoms with E-state index in [1.54, 1.807) is 0 Å². The van der Waals surface area contributed by atoms with Gasteiger partial charge in [-0.2, -0.15) is 0 Å². The van der Waals surface area contributed by atoms with Gasteiger partial charge in [-0.1, -0.05) is 190 Å². The smallest absolute Gasteiger partial charge is 0.164 e. The number of unbranched alkanes of at least 4 members (excludes halogenated alkanes) is 3. The lowest BCUT2D eigenvalue weighted by atomic mass is 9.91. The molecule has 0 aliphatic carbocycles. The summed E-state index contributed by atoms with van der Waals surface area (Å²) in [6, 6.07) is 62.5. The predicted molar refractivity (Wildman–Crippen MR) is 238 cm³/mol. The summed E-state index contributed by atoms with van der Waals surface area (Å²) >= 11 is 0. The maximum atomic E-state index is 10.5. The minimum atomic E-state index is -0.496. The van der Waals surface area contributed by atoms with Crippen LogP contribution in [-0.2, 0) is 0 Å². The number of rotatable bonds is 15. The molecule has 286 valence electrons. The highest BCUT2D eigenvalue weighted by molar-refractivity contribution is 5.92. The van der Waals surface area contributed by atoms with Crippen LogP contribution in [-0.4, -0.2) is 32.8 Å². The lowest BCUT2D eigenvalue weighted by Crippen LogP contribution is -2.17. The molecule has 1 atom stereocenters. The molecule has 5 heteroatoms. The summed E-state index contributed by atoms with van der Waals surface area (Å²) < 4.78 is 6.02. The predicted octanol–water partition coefficient (Wildman–Crippen LogP) is 13.3. The molecule has 0 saturated heterocycles. The first-order valence-corrected chi connectivity index (χ1v) is 20.3. The molecule has 0 aliphatic heterocycles. The molecule has 0 saturated carbocycles. The van der Waals surface area contributed by atoms with Gasteiger partial charge in [0.15, 0.2) is 17.5 Å². The van der Waals surface area contributed by atoms with Gasteiger partial charge < -0.3 is 9.84 Å². The van der Waals surface area contributed by atoms with E-state index in [0.29, 0.717) is 23.2 Å². The SMILES string of the molecule is CCCCCCC(O)COc1ccc(-c2nc(-c3ccccc3-c3ccccc3-c3ccccc3)nc(-c3ccccc3-c3ccccc3-c3ccccc3)n2)cc1. The van der Waals surface area contributed by atoms with Crippen molar-refractivity contribution in [3.63, 3.8) is 0 Å². The highest BCUT2D eigenvalue weighted by Crippen LogP contribution is 2.40. The second kappa shape index (κ2) is 18.5. The Morgan fingerprint density at radius 2 is 0.793 bits per heavy atom. The molecule has 8 aromatic rings. The largest absolute Gasteiger partial charge is 0.491 e. The molecule has 7 aromatic carbocycles. The highest BCUT2D eigenvalue weighted by Gasteiger charge is 2.20. The van der Waals surface area contributed by atoms with Crippen LogP contribution in [0.3, 0.4) is 0 Å². The molecule has 1 heterocycles. The van der Waals surface area contributed by atoms with E-state index in [9.17, 15) is 5.11 Å². The van der Waals surface area contributed by atoms with Crippen LogP contribution in [0.25, 0.3) is 78.7 Å². The standard InChI is InChI=1S/C53H47N3O2/c1-2-3-4-11-24-41(57)37-58-42-35-33-40(34-36-42)51-54-52(49-31-18-16-29-47(49)45-27-14-12-25-43(45)38-20-7-5-8-21-38)56-53(55-51)50-32-19-17-30-48(50)46-28-15-13-26-44(46)39-22-9-6-10-23-39/h5-10,12-23,25-36,41,57H,2-4,11,24,37H2,1H3. The molecule has 0 spiro atoms. The van der Waals surface area contributed by atoms with E-state index in [1.807, 2.05) is 48.5 Å². The Hall–Kier alpha value is -6.69. The number of benzene rings is 7. The van der Waals surface area contributed by atoms with Crippen LogP contribution in [0.4, 0.5) is 0 Å². The molecule has 0 fully saturated rings. The van der Waals surface area contributed by atoms with Crippen molar-refractivity contribution in [2.75, 3.05) is 6.61 Å². The lowest BCUT2D eigenvalue weighted by Gasteiger charge is -2.17. The van der Waals surface area contributed by atoms with Crippen LogP contribution < -0.4 is 4.74 Å². The second-order valence-corrected chi connectivity index (χ2v) is 14.6. The Balaban J connectivity index is 1.23. The Morgan fingerprint density at radius 1 is 0.397 bits per heavy atom. The summed E-state index contributed by atoms with van der Waals surface area (Å²) in [5, 5.41) is 10.5. The van der Waals surface area contributed by atoms with Crippen LogP contribution in [0.2, 0.25) is 0 Å². The van der Waals surface area contributed by atoms with Crippen molar-refractivity contribution in [1.29, 1.82) is 0 Å². The number of aliphatic hydroxyl groups excluding tert-OH is 1. The molecule has 1 aromatic heterocycles. The van der Waals surface area contributed by atoms with Gasteiger partial charge in [-0.15, -0.1) is 0 Å². The maximum absolute atomic E-state index is 10.5. The Kier molecular flexibility index (Phi) is 12.2. The van der Waals surface area contributed by atoms with Crippen LogP contribution in [0.5, 0.6) is 5.75 Å². The van der Waals surface area contributed by atoms with Crippen molar-refractivity contribution in [1.82, 2.24) is 15.0 Å². The van der Waals surface area contributed by atoms with E-state index in [-0.39, 0.29) is 6.61 Å². The maximum Gasteiger partial charge on any atom is 0.164 e. The monoisotopic (exact) mass is 757 g/mol. The summed E-state index contributed by atoms with van der Waals surface area (Å²) in [5.41, 5.74) is 11.5. The molecule has 1 unspecified atom stereocenters. The van der Waals surface area contributed by atoms with Crippen molar-refractivity contribution >= 4 is 0 Å². The topological polar surface area (TPSA) is 68.1 Å². The lowest BCUT2D eigenvalue weighted by molar-refractivity contribution is 0.0975. The zero-order chi connectivity index (χ0) is 39.5. The van der Waals surface area contributed by atoms with Gasteiger partial charge in [0.1, 0.15) is 12.4 Å². The van der Waals surface area contributed by atoms with Gasteiger partial charge in [0, 0.05) is 16.7 Å². The number of hydrogen-bond donors (Lipinski definition) is 1. The van der Waals surface area contributed by atoms with Crippen molar-refractivity contribution in [2.24, 2.45) is 0 Å². The van der Waals surface area contributed by atoms with E-state index in [1.165, 1.54) is 12.8 Å². The molecule has 1 N–H and O–H groups in total. The van der Waals surface area contributed by atoms with Gasteiger partial charge in [0.05, 0.1) is 6.10 Å². The van der Waals surface area contributed by atoms with Gasteiger partial charge in [-0.3, -0.25) is 0 Å². The molecule has 0 aliphatic rings.